The van der Waals surface area contributed by atoms with Crippen LogP contribution in [0.25, 0.3) is 0 Å². The lowest BCUT2D eigenvalue weighted by Gasteiger charge is -2.21. The third-order valence-electron chi connectivity index (χ3n) is 3.31. The summed E-state index contributed by atoms with van der Waals surface area (Å²) in [5.74, 6) is 0. The number of hydrogen-bond acceptors (Lipinski definition) is 3. The number of nitrogens with one attached hydrogen (secondary N) is 2. The molecular formula is C14H22N2S. The Morgan fingerprint density at radius 3 is 3.18 bits per heavy atom. The zero-order valence-electron chi connectivity index (χ0n) is 10.8. The van der Waals surface area contributed by atoms with E-state index in [0.717, 1.165) is 19.6 Å². The highest BCUT2D eigenvalue weighted by Crippen LogP contribution is 2.25. The maximum Gasteiger partial charge on any atom is 0.0418 e. The Morgan fingerprint density at radius 2 is 2.35 bits per heavy atom. The van der Waals surface area contributed by atoms with Crippen molar-refractivity contribution in [3.8, 4) is 0 Å². The van der Waals surface area contributed by atoms with Gasteiger partial charge in [0, 0.05) is 30.6 Å². The molecule has 1 aromatic rings. The first-order valence-corrected chi connectivity index (χ1v) is 7.68. The average Bonchev–Trinajstić information content (AvgIpc) is 2.39. The van der Waals surface area contributed by atoms with Gasteiger partial charge in [0.25, 0.3) is 0 Å². The second kappa shape index (κ2) is 6.31. The molecule has 1 atom stereocenters. The van der Waals surface area contributed by atoms with Gasteiger partial charge in [-0.15, -0.1) is 0 Å². The Bertz CT molecular complexity index is 365. The Balaban J connectivity index is 1.96. The predicted molar refractivity (Wildman–Crippen MR) is 77.9 cm³/mol. The van der Waals surface area contributed by atoms with Gasteiger partial charge < -0.3 is 10.6 Å². The molecule has 1 aliphatic heterocycles. The van der Waals surface area contributed by atoms with Crippen LogP contribution in [0.15, 0.2) is 18.2 Å². The fraction of sp³-hybridized carbons (Fsp3) is 0.571. The topological polar surface area (TPSA) is 24.1 Å². The van der Waals surface area contributed by atoms with Crippen molar-refractivity contribution < 1.29 is 0 Å². The molecule has 0 fully saturated rings. The second-order valence-corrected chi connectivity index (χ2v) is 5.93. The molecule has 0 saturated heterocycles. The predicted octanol–water partition coefficient (Wildman–Crippen LogP) is 2.89. The zero-order chi connectivity index (χ0) is 12.1. The van der Waals surface area contributed by atoms with Crippen LogP contribution >= 0.6 is 11.8 Å². The lowest BCUT2D eigenvalue weighted by atomic mass is 9.99. The van der Waals surface area contributed by atoms with Gasteiger partial charge in [-0.25, -0.2) is 0 Å². The molecule has 0 aromatic heterocycles. The van der Waals surface area contributed by atoms with Crippen molar-refractivity contribution >= 4 is 17.4 Å². The summed E-state index contributed by atoms with van der Waals surface area (Å²) in [6.45, 7) is 5.42. The van der Waals surface area contributed by atoms with Gasteiger partial charge in [-0.2, -0.15) is 11.8 Å². The molecule has 1 unspecified atom stereocenters. The van der Waals surface area contributed by atoms with E-state index in [4.69, 9.17) is 0 Å². The number of anilines is 1. The van der Waals surface area contributed by atoms with E-state index in [1.165, 1.54) is 29.7 Å². The highest BCUT2D eigenvalue weighted by atomic mass is 32.2. The highest BCUT2D eigenvalue weighted by Gasteiger charge is 2.11. The van der Waals surface area contributed by atoms with E-state index in [-0.39, 0.29) is 0 Å². The quantitative estimate of drug-likeness (QED) is 0.840. The van der Waals surface area contributed by atoms with Crippen molar-refractivity contribution in [2.24, 2.45) is 0 Å². The Labute approximate surface area is 109 Å². The lowest BCUT2D eigenvalue weighted by Crippen LogP contribution is -2.23. The molecule has 1 heterocycles. The van der Waals surface area contributed by atoms with Crippen LogP contribution in [0.5, 0.6) is 0 Å². The third kappa shape index (κ3) is 3.39. The third-order valence-corrected chi connectivity index (χ3v) is 4.28. The molecule has 1 aliphatic rings. The zero-order valence-corrected chi connectivity index (χ0v) is 11.6. The van der Waals surface area contributed by atoms with E-state index in [0.29, 0.717) is 5.25 Å². The van der Waals surface area contributed by atoms with Crippen LogP contribution in [0.3, 0.4) is 0 Å². The average molecular weight is 250 g/mol. The molecule has 0 radical (unpaired) electrons. The second-order valence-electron chi connectivity index (χ2n) is 4.66. The molecule has 0 spiro atoms. The molecule has 0 aliphatic carbocycles. The van der Waals surface area contributed by atoms with Gasteiger partial charge in [0.15, 0.2) is 0 Å². The van der Waals surface area contributed by atoms with E-state index >= 15 is 0 Å². The SMILES string of the molecule is CSC(C)CNCc1cccc2c1NCCC2. The minimum atomic E-state index is 0.683. The van der Waals surface area contributed by atoms with Gasteiger partial charge in [-0.1, -0.05) is 25.1 Å². The Kier molecular flexibility index (Phi) is 4.75. The van der Waals surface area contributed by atoms with Gasteiger partial charge in [-0.3, -0.25) is 0 Å². The maximum atomic E-state index is 3.54. The molecule has 3 heteroatoms. The van der Waals surface area contributed by atoms with E-state index in [2.05, 4.69) is 42.0 Å². The molecule has 0 bridgehead atoms. The number of aryl methyl sites for hydroxylation is 1. The number of para-hydroxylation sites is 1. The minimum Gasteiger partial charge on any atom is -0.385 e. The summed E-state index contributed by atoms with van der Waals surface area (Å²) < 4.78 is 0. The van der Waals surface area contributed by atoms with Crippen molar-refractivity contribution in [3.63, 3.8) is 0 Å². The van der Waals surface area contributed by atoms with Crippen molar-refractivity contribution in [2.45, 2.75) is 31.6 Å². The van der Waals surface area contributed by atoms with Crippen molar-refractivity contribution in [1.29, 1.82) is 0 Å². The number of hydrogen-bond donors (Lipinski definition) is 2. The largest absolute Gasteiger partial charge is 0.385 e. The number of rotatable bonds is 5. The van der Waals surface area contributed by atoms with Crippen molar-refractivity contribution in [3.05, 3.63) is 29.3 Å². The molecule has 17 heavy (non-hydrogen) atoms. The highest BCUT2D eigenvalue weighted by molar-refractivity contribution is 7.99. The summed E-state index contributed by atoms with van der Waals surface area (Å²) in [7, 11) is 0. The van der Waals surface area contributed by atoms with Crippen LogP contribution in [0.1, 0.15) is 24.5 Å². The first-order chi connectivity index (χ1) is 8.31. The first-order valence-electron chi connectivity index (χ1n) is 6.39. The standard InChI is InChI=1S/C14H22N2S/c1-11(17-2)9-15-10-13-6-3-5-12-7-4-8-16-14(12)13/h3,5-6,11,15-16H,4,7-10H2,1-2H3. The molecule has 1 aromatic carbocycles. The Hall–Kier alpha value is -0.670. The van der Waals surface area contributed by atoms with Crippen LogP contribution in [0.2, 0.25) is 0 Å². The normalized spacial score (nSPS) is 16.1. The van der Waals surface area contributed by atoms with Crippen LogP contribution in [-0.2, 0) is 13.0 Å². The number of fused-ring (bicyclic) bond motifs is 1. The number of thioether (sulfide) groups is 1. The lowest BCUT2D eigenvalue weighted by molar-refractivity contribution is 0.682. The molecule has 0 amide bonds. The van der Waals surface area contributed by atoms with E-state index in [9.17, 15) is 0 Å². The van der Waals surface area contributed by atoms with Gasteiger partial charge in [0.05, 0.1) is 0 Å². The Morgan fingerprint density at radius 1 is 1.47 bits per heavy atom. The first kappa shape index (κ1) is 12.8. The summed E-state index contributed by atoms with van der Waals surface area (Å²) in [6, 6.07) is 6.66. The molecule has 2 nitrogen and oxygen atoms in total. The summed E-state index contributed by atoms with van der Waals surface area (Å²) in [5, 5.41) is 7.76. The smallest absolute Gasteiger partial charge is 0.0418 e. The fourth-order valence-corrected chi connectivity index (χ4v) is 2.51. The fourth-order valence-electron chi connectivity index (χ4n) is 2.22. The minimum absolute atomic E-state index is 0.683. The van der Waals surface area contributed by atoms with Gasteiger partial charge >= 0.3 is 0 Å². The van der Waals surface area contributed by atoms with Crippen LogP contribution in [0.4, 0.5) is 5.69 Å². The maximum absolute atomic E-state index is 3.54. The molecule has 94 valence electrons. The number of benzene rings is 1. The molecule has 2 rings (SSSR count). The molecular weight excluding hydrogens is 228 g/mol. The summed E-state index contributed by atoms with van der Waals surface area (Å²) in [6.07, 6.45) is 4.64. The summed E-state index contributed by atoms with van der Waals surface area (Å²) in [5.41, 5.74) is 4.27. The van der Waals surface area contributed by atoms with Gasteiger partial charge in [0.1, 0.15) is 0 Å². The van der Waals surface area contributed by atoms with E-state index < -0.39 is 0 Å². The summed E-state index contributed by atoms with van der Waals surface area (Å²) >= 11 is 1.91. The van der Waals surface area contributed by atoms with Crippen LogP contribution in [0, 0.1) is 0 Å². The van der Waals surface area contributed by atoms with Crippen LogP contribution in [-0.4, -0.2) is 24.6 Å². The monoisotopic (exact) mass is 250 g/mol. The van der Waals surface area contributed by atoms with E-state index in [1.807, 2.05) is 11.8 Å². The van der Waals surface area contributed by atoms with E-state index in [1.54, 1.807) is 0 Å². The van der Waals surface area contributed by atoms with Gasteiger partial charge in [0.2, 0.25) is 0 Å². The van der Waals surface area contributed by atoms with Crippen LogP contribution < -0.4 is 10.6 Å². The van der Waals surface area contributed by atoms with Crippen molar-refractivity contribution in [2.75, 3.05) is 24.7 Å². The van der Waals surface area contributed by atoms with Gasteiger partial charge in [-0.05, 0) is 30.2 Å². The summed E-state index contributed by atoms with van der Waals surface area (Å²) in [4.78, 5) is 0. The molecule has 0 saturated carbocycles. The molecule has 2 N–H and O–H groups in total. The van der Waals surface area contributed by atoms with Crippen molar-refractivity contribution in [1.82, 2.24) is 5.32 Å².